The molecule has 0 spiro atoms. The molecule has 1 aliphatic heterocycles. The molecule has 0 aromatic carbocycles. The maximum absolute atomic E-state index is 5.75. The highest BCUT2D eigenvalue weighted by Crippen LogP contribution is 2.24. The molecule has 0 saturated heterocycles. The number of rotatable bonds is 4. The van der Waals surface area contributed by atoms with Crippen molar-refractivity contribution in [2.24, 2.45) is 0 Å². The van der Waals surface area contributed by atoms with Gasteiger partial charge in [0.15, 0.2) is 0 Å². The molecule has 1 aromatic rings. The lowest BCUT2D eigenvalue weighted by atomic mass is 10.1. The van der Waals surface area contributed by atoms with Crippen molar-refractivity contribution in [3.8, 4) is 0 Å². The Morgan fingerprint density at radius 2 is 2.35 bits per heavy atom. The Kier molecular flexibility index (Phi) is 4.15. The maximum atomic E-state index is 5.75. The van der Waals surface area contributed by atoms with Crippen LogP contribution in [0.25, 0.3) is 0 Å². The average molecular weight is 232 g/mol. The monoisotopic (exact) mass is 232 g/mol. The van der Waals surface area contributed by atoms with Crippen molar-refractivity contribution in [1.82, 2.24) is 10.3 Å². The largest absolute Gasteiger partial charge is 0.496 e. The van der Waals surface area contributed by atoms with Crippen LogP contribution in [0, 0.1) is 6.92 Å². The van der Waals surface area contributed by atoms with Crippen LogP contribution in [0.3, 0.4) is 0 Å². The van der Waals surface area contributed by atoms with Crippen LogP contribution < -0.4 is 5.32 Å². The number of hydrogen-bond donors (Lipinski definition) is 1. The minimum absolute atomic E-state index is 0.0974. The summed E-state index contributed by atoms with van der Waals surface area (Å²) in [4.78, 5) is 4.58. The van der Waals surface area contributed by atoms with Crippen LogP contribution in [0.15, 0.2) is 30.0 Å². The third-order valence-electron chi connectivity index (χ3n) is 2.86. The first-order chi connectivity index (χ1) is 8.31. The Balaban J connectivity index is 2.24. The lowest BCUT2D eigenvalue weighted by Gasteiger charge is -2.24. The Hall–Kier alpha value is -1.35. The summed E-state index contributed by atoms with van der Waals surface area (Å²) in [6.45, 7) is 5.84. The van der Waals surface area contributed by atoms with Crippen molar-refractivity contribution in [3.63, 3.8) is 0 Å². The molecule has 3 heteroatoms. The summed E-state index contributed by atoms with van der Waals surface area (Å²) >= 11 is 0. The zero-order valence-electron chi connectivity index (χ0n) is 10.6. The van der Waals surface area contributed by atoms with E-state index in [0.717, 1.165) is 43.1 Å². The summed E-state index contributed by atoms with van der Waals surface area (Å²) in [6.07, 6.45) is 4.40. The molecule has 1 N–H and O–H groups in total. The van der Waals surface area contributed by atoms with E-state index in [2.05, 4.69) is 29.4 Å². The van der Waals surface area contributed by atoms with Crippen molar-refractivity contribution in [1.29, 1.82) is 0 Å². The standard InChI is InChI=1S/C14H20N2O/c1-3-15-14(13-9-4-5-10-17-13)12-8-6-7-11(2)16-12/h6-9,14-15H,3-5,10H2,1-2H3. The van der Waals surface area contributed by atoms with Gasteiger partial charge in [0.25, 0.3) is 0 Å². The summed E-state index contributed by atoms with van der Waals surface area (Å²) in [5.74, 6) is 1.02. The molecular weight excluding hydrogens is 212 g/mol. The van der Waals surface area contributed by atoms with Gasteiger partial charge in [-0.05, 0) is 44.5 Å². The van der Waals surface area contributed by atoms with E-state index in [1.165, 1.54) is 0 Å². The van der Waals surface area contributed by atoms with Crippen LogP contribution in [0.5, 0.6) is 0 Å². The Bertz CT molecular complexity index is 401. The van der Waals surface area contributed by atoms with Gasteiger partial charge >= 0.3 is 0 Å². The zero-order valence-corrected chi connectivity index (χ0v) is 10.6. The summed E-state index contributed by atoms with van der Waals surface area (Å²) < 4.78 is 5.75. The molecule has 1 unspecified atom stereocenters. The van der Waals surface area contributed by atoms with Crippen LogP contribution in [0.4, 0.5) is 0 Å². The van der Waals surface area contributed by atoms with E-state index in [1.807, 2.05) is 19.1 Å². The highest BCUT2D eigenvalue weighted by molar-refractivity contribution is 5.21. The fraction of sp³-hybridized carbons (Fsp3) is 0.500. The molecule has 1 atom stereocenters. The molecule has 0 amide bonds. The van der Waals surface area contributed by atoms with E-state index >= 15 is 0 Å². The van der Waals surface area contributed by atoms with Crippen LogP contribution in [-0.2, 0) is 4.74 Å². The normalized spacial score (nSPS) is 17.2. The van der Waals surface area contributed by atoms with Gasteiger partial charge in [0, 0.05) is 5.69 Å². The molecule has 0 bridgehead atoms. The van der Waals surface area contributed by atoms with Gasteiger partial charge in [-0.1, -0.05) is 13.0 Å². The fourth-order valence-electron chi connectivity index (χ4n) is 2.06. The van der Waals surface area contributed by atoms with E-state index in [1.54, 1.807) is 0 Å². The molecular formula is C14H20N2O. The quantitative estimate of drug-likeness (QED) is 0.866. The van der Waals surface area contributed by atoms with Crippen molar-refractivity contribution in [2.75, 3.05) is 13.2 Å². The third-order valence-corrected chi connectivity index (χ3v) is 2.86. The fourth-order valence-corrected chi connectivity index (χ4v) is 2.06. The van der Waals surface area contributed by atoms with Gasteiger partial charge < -0.3 is 10.1 Å². The third kappa shape index (κ3) is 3.07. The molecule has 0 fully saturated rings. The second kappa shape index (κ2) is 5.82. The first kappa shape index (κ1) is 12.1. The van der Waals surface area contributed by atoms with Gasteiger partial charge in [0.1, 0.15) is 11.8 Å². The molecule has 1 aliphatic rings. The topological polar surface area (TPSA) is 34.1 Å². The van der Waals surface area contributed by atoms with E-state index in [-0.39, 0.29) is 6.04 Å². The summed E-state index contributed by atoms with van der Waals surface area (Å²) in [5.41, 5.74) is 2.09. The molecule has 3 nitrogen and oxygen atoms in total. The van der Waals surface area contributed by atoms with Crippen molar-refractivity contribution >= 4 is 0 Å². The molecule has 0 radical (unpaired) electrons. The first-order valence-corrected chi connectivity index (χ1v) is 6.31. The number of nitrogens with one attached hydrogen (secondary N) is 1. The predicted molar refractivity (Wildman–Crippen MR) is 68.7 cm³/mol. The molecule has 2 rings (SSSR count). The van der Waals surface area contributed by atoms with Gasteiger partial charge in [-0.15, -0.1) is 0 Å². The van der Waals surface area contributed by atoms with Crippen molar-refractivity contribution < 1.29 is 4.74 Å². The minimum atomic E-state index is 0.0974. The molecule has 92 valence electrons. The van der Waals surface area contributed by atoms with E-state index in [9.17, 15) is 0 Å². The van der Waals surface area contributed by atoms with E-state index in [4.69, 9.17) is 4.74 Å². The summed E-state index contributed by atoms with van der Waals surface area (Å²) in [6, 6.07) is 6.22. The van der Waals surface area contributed by atoms with Crippen LogP contribution in [0.2, 0.25) is 0 Å². The second-order valence-electron chi connectivity index (χ2n) is 4.29. The van der Waals surface area contributed by atoms with Gasteiger partial charge in [0.2, 0.25) is 0 Å². The van der Waals surface area contributed by atoms with Gasteiger partial charge in [-0.25, -0.2) is 0 Å². The lowest BCUT2D eigenvalue weighted by Crippen LogP contribution is -2.26. The zero-order chi connectivity index (χ0) is 12.1. The van der Waals surface area contributed by atoms with Crippen LogP contribution in [0.1, 0.15) is 37.2 Å². The molecule has 1 aromatic heterocycles. The highest BCUT2D eigenvalue weighted by Gasteiger charge is 2.20. The summed E-state index contributed by atoms with van der Waals surface area (Å²) in [5, 5.41) is 3.44. The van der Waals surface area contributed by atoms with Crippen LogP contribution in [-0.4, -0.2) is 18.1 Å². The van der Waals surface area contributed by atoms with Gasteiger partial charge in [-0.2, -0.15) is 0 Å². The second-order valence-corrected chi connectivity index (χ2v) is 4.29. The lowest BCUT2D eigenvalue weighted by molar-refractivity contribution is 0.167. The van der Waals surface area contributed by atoms with Crippen molar-refractivity contribution in [2.45, 2.75) is 32.7 Å². The number of aromatic nitrogens is 1. The number of hydrogen-bond acceptors (Lipinski definition) is 3. The van der Waals surface area contributed by atoms with Gasteiger partial charge in [-0.3, -0.25) is 4.98 Å². The van der Waals surface area contributed by atoms with E-state index in [0.29, 0.717) is 0 Å². The number of nitrogens with zero attached hydrogens (tertiary/aromatic N) is 1. The number of pyridine rings is 1. The maximum Gasteiger partial charge on any atom is 0.115 e. The number of likely N-dealkylation sites (N-methyl/N-ethyl adjacent to an activating group) is 1. The molecule has 0 saturated carbocycles. The van der Waals surface area contributed by atoms with Crippen molar-refractivity contribution in [3.05, 3.63) is 41.4 Å². The molecule has 17 heavy (non-hydrogen) atoms. The average Bonchev–Trinajstić information content (AvgIpc) is 2.37. The number of aryl methyl sites for hydroxylation is 1. The Labute approximate surface area is 103 Å². The Morgan fingerprint density at radius 1 is 1.47 bits per heavy atom. The number of allylic oxidation sites excluding steroid dienone is 1. The van der Waals surface area contributed by atoms with Crippen LogP contribution >= 0.6 is 0 Å². The Morgan fingerprint density at radius 3 is 3.00 bits per heavy atom. The molecule has 2 heterocycles. The first-order valence-electron chi connectivity index (χ1n) is 6.31. The highest BCUT2D eigenvalue weighted by atomic mass is 16.5. The predicted octanol–water partition coefficient (Wildman–Crippen LogP) is 2.73. The molecule has 0 aliphatic carbocycles. The van der Waals surface area contributed by atoms with E-state index < -0.39 is 0 Å². The minimum Gasteiger partial charge on any atom is -0.496 e. The van der Waals surface area contributed by atoms with Gasteiger partial charge in [0.05, 0.1) is 12.3 Å². The smallest absolute Gasteiger partial charge is 0.115 e. The summed E-state index contributed by atoms with van der Waals surface area (Å²) in [7, 11) is 0. The number of ether oxygens (including phenoxy) is 1. The SMILES string of the molecule is CCNC(C1=CCCCO1)c1cccc(C)n1.